The van der Waals surface area contributed by atoms with Gasteiger partial charge in [0.05, 0.1) is 12.5 Å². The van der Waals surface area contributed by atoms with Crippen molar-refractivity contribution in [2.75, 3.05) is 19.0 Å². The zero-order valence-corrected chi connectivity index (χ0v) is 16.3. The van der Waals surface area contributed by atoms with Gasteiger partial charge < -0.3 is 14.5 Å². The maximum absolute atomic E-state index is 6.22. The summed E-state index contributed by atoms with van der Waals surface area (Å²) in [5.41, 5.74) is 3.59. The highest BCUT2D eigenvalue weighted by molar-refractivity contribution is 6.05. The predicted molar refractivity (Wildman–Crippen MR) is 113 cm³/mol. The summed E-state index contributed by atoms with van der Waals surface area (Å²) in [6.07, 6.45) is 1.54. The van der Waals surface area contributed by atoms with Gasteiger partial charge in [0.2, 0.25) is 5.71 Å². The molecular formula is C23H23N3O2. The Labute approximate surface area is 164 Å². The van der Waals surface area contributed by atoms with Gasteiger partial charge in [0.15, 0.2) is 0 Å². The van der Waals surface area contributed by atoms with Crippen LogP contribution in [0.1, 0.15) is 13.8 Å². The molecule has 5 heteroatoms. The third-order valence-electron chi connectivity index (χ3n) is 4.58. The molecule has 0 fully saturated rings. The molecule has 2 aromatic heterocycles. The fourth-order valence-corrected chi connectivity index (χ4v) is 3.19. The van der Waals surface area contributed by atoms with Crippen molar-refractivity contribution in [2.45, 2.75) is 13.8 Å². The highest BCUT2D eigenvalue weighted by atomic mass is 16.5. The fraction of sp³-hybridized carbons (Fsp3) is 0.217. The van der Waals surface area contributed by atoms with E-state index in [0.29, 0.717) is 11.6 Å². The molecule has 0 unspecified atom stereocenters. The van der Waals surface area contributed by atoms with Crippen molar-refractivity contribution in [1.29, 1.82) is 0 Å². The van der Waals surface area contributed by atoms with Crippen LogP contribution >= 0.6 is 0 Å². The predicted octanol–water partition coefficient (Wildman–Crippen LogP) is 5.63. The molecule has 0 saturated carbocycles. The minimum Gasteiger partial charge on any atom is -0.497 e. The van der Waals surface area contributed by atoms with Crippen molar-refractivity contribution in [2.24, 2.45) is 5.92 Å². The Morgan fingerprint density at radius 2 is 1.71 bits per heavy atom. The minimum atomic E-state index is 0.495. The van der Waals surface area contributed by atoms with E-state index < -0.39 is 0 Å². The first kappa shape index (κ1) is 18.0. The van der Waals surface area contributed by atoms with Crippen molar-refractivity contribution in [3.05, 3.63) is 60.9 Å². The monoisotopic (exact) mass is 373 g/mol. The minimum absolute atomic E-state index is 0.495. The summed E-state index contributed by atoms with van der Waals surface area (Å²) in [6.45, 7) is 5.15. The Morgan fingerprint density at radius 1 is 0.964 bits per heavy atom. The third kappa shape index (κ3) is 3.43. The molecule has 142 valence electrons. The molecule has 0 amide bonds. The molecule has 2 aromatic carbocycles. The molecular weight excluding hydrogens is 350 g/mol. The van der Waals surface area contributed by atoms with Gasteiger partial charge in [-0.1, -0.05) is 56.3 Å². The molecule has 2 heterocycles. The van der Waals surface area contributed by atoms with Crippen LogP contribution in [0.25, 0.3) is 33.6 Å². The van der Waals surface area contributed by atoms with E-state index in [1.165, 1.54) is 0 Å². The normalized spacial score (nSPS) is 11.1. The molecule has 28 heavy (non-hydrogen) atoms. The average molecular weight is 373 g/mol. The summed E-state index contributed by atoms with van der Waals surface area (Å²) in [7, 11) is 1.67. The van der Waals surface area contributed by atoms with E-state index in [0.717, 1.165) is 45.9 Å². The van der Waals surface area contributed by atoms with Gasteiger partial charge in [-0.3, -0.25) is 0 Å². The molecule has 0 bridgehead atoms. The van der Waals surface area contributed by atoms with Gasteiger partial charge in [0.25, 0.3) is 0 Å². The van der Waals surface area contributed by atoms with Crippen LogP contribution in [0.4, 0.5) is 5.82 Å². The standard InChI is InChI=1S/C23H23N3O2/c1-15(2)13-24-22-20-19(16-9-11-18(27-3)12-10-16)21(17-7-5-4-6-8-17)28-23(20)26-14-25-22/h4-12,14-15H,13H2,1-3H3,(H,24,25,26). The van der Waals surface area contributed by atoms with Gasteiger partial charge in [-0.2, -0.15) is 0 Å². The van der Waals surface area contributed by atoms with E-state index in [9.17, 15) is 0 Å². The summed E-state index contributed by atoms with van der Waals surface area (Å²) in [5.74, 6) is 2.88. The van der Waals surface area contributed by atoms with Crippen LogP contribution in [0.3, 0.4) is 0 Å². The third-order valence-corrected chi connectivity index (χ3v) is 4.58. The Bertz CT molecular complexity index is 1070. The number of benzene rings is 2. The first-order chi connectivity index (χ1) is 13.7. The van der Waals surface area contributed by atoms with Gasteiger partial charge in [-0.05, 0) is 23.6 Å². The smallest absolute Gasteiger partial charge is 0.232 e. The van der Waals surface area contributed by atoms with Gasteiger partial charge in [0, 0.05) is 17.7 Å². The van der Waals surface area contributed by atoms with E-state index >= 15 is 0 Å². The number of aromatic nitrogens is 2. The second kappa shape index (κ2) is 7.72. The lowest BCUT2D eigenvalue weighted by atomic mass is 9.99. The first-order valence-electron chi connectivity index (χ1n) is 9.38. The van der Waals surface area contributed by atoms with Crippen molar-refractivity contribution in [3.63, 3.8) is 0 Å². The highest BCUT2D eigenvalue weighted by Crippen LogP contribution is 2.42. The van der Waals surface area contributed by atoms with Gasteiger partial charge in [-0.25, -0.2) is 9.97 Å². The van der Waals surface area contributed by atoms with Crippen LogP contribution in [-0.4, -0.2) is 23.6 Å². The molecule has 1 N–H and O–H groups in total. The Kier molecular flexibility index (Phi) is 4.98. The molecule has 0 aliphatic heterocycles. The topological polar surface area (TPSA) is 60.2 Å². The van der Waals surface area contributed by atoms with Crippen LogP contribution in [-0.2, 0) is 0 Å². The van der Waals surface area contributed by atoms with Crippen LogP contribution in [0.5, 0.6) is 5.75 Å². The van der Waals surface area contributed by atoms with Crippen molar-refractivity contribution < 1.29 is 9.15 Å². The quantitative estimate of drug-likeness (QED) is 0.474. The molecule has 4 aromatic rings. The maximum Gasteiger partial charge on any atom is 0.232 e. The van der Waals surface area contributed by atoms with Crippen molar-refractivity contribution in [1.82, 2.24) is 9.97 Å². The zero-order chi connectivity index (χ0) is 19.5. The van der Waals surface area contributed by atoms with E-state index in [-0.39, 0.29) is 0 Å². The maximum atomic E-state index is 6.22. The zero-order valence-electron chi connectivity index (χ0n) is 16.3. The molecule has 0 aliphatic carbocycles. The molecule has 0 radical (unpaired) electrons. The second-order valence-corrected chi connectivity index (χ2v) is 7.08. The number of hydrogen-bond donors (Lipinski definition) is 1. The molecule has 0 spiro atoms. The fourth-order valence-electron chi connectivity index (χ4n) is 3.19. The number of methoxy groups -OCH3 is 1. The van der Waals surface area contributed by atoms with E-state index in [1.807, 2.05) is 54.6 Å². The number of fused-ring (bicyclic) bond motifs is 1. The van der Waals surface area contributed by atoms with E-state index in [2.05, 4.69) is 29.1 Å². The Morgan fingerprint density at radius 3 is 2.39 bits per heavy atom. The Hall–Kier alpha value is -3.34. The second-order valence-electron chi connectivity index (χ2n) is 7.08. The van der Waals surface area contributed by atoms with Crippen LogP contribution in [0.2, 0.25) is 0 Å². The van der Waals surface area contributed by atoms with E-state index in [4.69, 9.17) is 9.15 Å². The van der Waals surface area contributed by atoms with Gasteiger partial charge in [0.1, 0.15) is 23.7 Å². The number of furan rings is 1. The number of nitrogens with zero attached hydrogens (tertiary/aromatic N) is 2. The van der Waals surface area contributed by atoms with Gasteiger partial charge in [-0.15, -0.1) is 0 Å². The average Bonchev–Trinajstić information content (AvgIpc) is 3.13. The number of rotatable bonds is 6. The SMILES string of the molecule is COc1ccc(-c2c(-c3ccccc3)oc3ncnc(NCC(C)C)c23)cc1. The van der Waals surface area contributed by atoms with Crippen LogP contribution in [0.15, 0.2) is 65.3 Å². The highest BCUT2D eigenvalue weighted by Gasteiger charge is 2.22. The summed E-state index contributed by atoms with van der Waals surface area (Å²) < 4.78 is 11.5. The number of hydrogen-bond acceptors (Lipinski definition) is 5. The lowest BCUT2D eigenvalue weighted by Crippen LogP contribution is -2.09. The van der Waals surface area contributed by atoms with Crippen LogP contribution in [0, 0.1) is 5.92 Å². The Balaban J connectivity index is 1.96. The largest absolute Gasteiger partial charge is 0.497 e. The lowest BCUT2D eigenvalue weighted by Gasteiger charge is -2.10. The lowest BCUT2D eigenvalue weighted by molar-refractivity contribution is 0.415. The van der Waals surface area contributed by atoms with Crippen molar-refractivity contribution in [3.8, 4) is 28.2 Å². The number of anilines is 1. The summed E-state index contributed by atoms with van der Waals surface area (Å²) in [6, 6.07) is 18.1. The molecule has 4 rings (SSSR count). The molecule has 0 atom stereocenters. The molecule has 5 nitrogen and oxygen atoms in total. The molecule has 0 saturated heterocycles. The van der Waals surface area contributed by atoms with Crippen molar-refractivity contribution >= 4 is 16.9 Å². The van der Waals surface area contributed by atoms with Gasteiger partial charge >= 0.3 is 0 Å². The number of ether oxygens (including phenoxy) is 1. The summed E-state index contributed by atoms with van der Waals surface area (Å²) >= 11 is 0. The first-order valence-corrected chi connectivity index (χ1v) is 9.38. The van der Waals surface area contributed by atoms with E-state index in [1.54, 1.807) is 13.4 Å². The summed E-state index contributed by atoms with van der Waals surface area (Å²) in [5, 5.41) is 4.34. The summed E-state index contributed by atoms with van der Waals surface area (Å²) in [4.78, 5) is 8.89. The molecule has 0 aliphatic rings. The van der Waals surface area contributed by atoms with Crippen LogP contribution < -0.4 is 10.1 Å². The number of nitrogens with one attached hydrogen (secondary N) is 1.